The smallest absolute Gasteiger partial charge is 0.277 e. The first kappa shape index (κ1) is 17.0. The summed E-state index contributed by atoms with van der Waals surface area (Å²) in [6.45, 7) is 0.148. The second-order valence-corrected chi connectivity index (χ2v) is 5.29. The van der Waals surface area contributed by atoms with Gasteiger partial charge in [-0.25, -0.2) is 4.68 Å². The number of aryl methyl sites for hydroxylation is 1. The van der Waals surface area contributed by atoms with Crippen LogP contribution in [0.3, 0.4) is 0 Å². The van der Waals surface area contributed by atoms with Crippen molar-refractivity contribution in [3.8, 4) is 17.6 Å². The number of nitrogens with zero attached hydrogens (tertiary/aromatic N) is 5. The van der Waals surface area contributed by atoms with Gasteiger partial charge in [0.05, 0.1) is 13.3 Å². The van der Waals surface area contributed by atoms with Crippen molar-refractivity contribution in [3.63, 3.8) is 0 Å². The zero-order valence-electron chi connectivity index (χ0n) is 14.2. The number of amides is 1. The lowest BCUT2D eigenvalue weighted by molar-refractivity contribution is 0.101. The minimum absolute atomic E-state index is 0.148. The number of benzene rings is 1. The number of methoxy groups -OCH3 is 1. The van der Waals surface area contributed by atoms with Crippen molar-refractivity contribution in [2.45, 2.75) is 6.73 Å². The van der Waals surface area contributed by atoms with Gasteiger partial charge >= 0.3 is 0 Å². The fraction of sp³-hybridized carbons (Fsp3) is 0.176. The SMILES string of the molecule is COc1ccc(OCn2ccc(C(=O)Nc3c(C#N)cnn3C)n2)cc1. The molecule has 26 heavy (non-hydrogen) atoms. The predicted molar refractivity (Wildman–Crippen MR) is 91.7 cm³/mol. The molecule has 0 aliphatic heterocycles. The van der Waals surface area contributed by atoms with E-state index in [2.05, 4.69) is 15.5 Å². The van der Waals surface area contributed by atoms with E-state index >= 15 is 0 Å². The number of nitriles is 1. The highest BCUT2D eigenvalue weighted by Gasteiger charge is 2.15. The van der Waals surface area contributed by atoms with Gasteiger partial charge in [0.1, 0.15) is 28.9 Å². The maximum atomic E-state index is 12.3. The Bertz CT molecular complexity index is 952. The number of aromatic nitrogens is 4. The molecule has 0 fully saturated rings. The molecule has 1 amide bonds. The van der Waals surface area contributed by atoms with Gasteiger partial charge in [0.25, 0.3) is 5.91 Å². The van der Waals surface area contributed by atoms with Gasteiger partial charge in [0.15, 0.2) is 12.4 Å². The minimum Gasteiger partial charge on any atom is -0.497 e. The molecule has 0 aliphatic carbocycles. The molecule has 1 N–H and O–H groups in total. The van der Waals surface area contributed by atoms with Gasteiger partial charge in [-0.1, -0.05) is 0 Å². The van der Waals surface area contributed by atoms with Crippen LogP contribution >= 0.6 is 0 Å². The molecule has 9 heteroatoms. The normalized spacial score (nSPS) is 10.2. The third kappa shape index (κ3) is 3.64. The van der Waals surface area contributed by atoms with Crippen molar-refractivity contribution < 1.29 is 14.3 Å². The first-order valence-electron chi connectivity index (χ1n) is 7.64. The molecule has 9 nitrogen and oxygen atoms in total. The maximum Gasteiger partial charge on any atom is 0.277 e. The summed E-state index contributed by atoms with van der Waals surface area (Å²) < 4.78 is 13.6. The number of rotatable bonds is 6. The van der Waals surface area contributed by atoms with E-state index in [1.807, 2.05) is 6.07 Å². The van der Waals surface area contributed by atoms with Gasteiger partial charge in [0, 0.05) is 13.2 Å². The summed E-state index contributed by atoms with van der Waals surface area (Å²) in [4.78, 5) is 12.3. The zero-order chi connectivity index (χ0) is 18.5. The Kier molecular flexibility index (Phi) is 4.85. The van der Waals surface area contributed by atoms with Crippen LogP contribution in [0.25, 0.3) is 0 Å². The molecule has 0 radical (unpaired) electrons. The molecule has 3 rings (SSSR count). The second-order valence-electron chi connectivity index (χ2n) is 5.29. The molecule has 3 aromatic rings. The van der Waals surface area contributed by atoms with Crippen molar-refractivity contribution in [1.29, 1.82) is 5.26 Å². The average Bonchev–Trinajstić information content (AvgIpc) is 3.28. The minimum atomic E-state index is -0.437. The second kappa shape index (κ2) is 7.40. The summed E-state index contributed by atoms with van der Waals surface area (Å²) in [7, 11) is 3.23. The molecule has 132 valence electrons. The van der Waals surface area contributed by atoms with E-state index < -0.39 is 5.91 Å². The van der Waals surface area contributed by atoms with Gasteiger partial charge < -0.3 is 14.8 Å². The molecule has 1 aromatic carbocycles. The summed E-state index contributed by atoms with van der Waals surface area (Å²) in [5.41, 5.74) is 0.483. The molecular weight excluding hydrogens is 336 g/mol. The van der Waals surface area contributed by atoms with Crippen LogP contribution < -0.4 is 14.8 Å². The van der Waals surface area contributed by atoms with Crippen LogP contribution in [0.15, 0.2) is 42.7 Å². The fourth-order valence-electron chi connectivity index (χ4n) is 2.21. The number of hydrogen-bond acceptors (Lipinski definition) is 6. The van der Waals surface area contributed by atoms with Gasteiger partial charge in [-0.05, 0) is 30.3 Å². The van der Waals surface area contributed by atoms with Crippen LogP contribution in [0.2, 0.25) is 0 Å². The van der Waals surface area contributed by atoms with Crippen LogP contribution in [-0.4, -0.2) is 32.6 Å². The lowest BCUT2D eigenvalue weighted by atomic mass is 10.3. The molecule has 0 saturated heterocycles. The first-order valence-corrected chi connectivity index (χ1v) is 7.64. The molecule has 0 unspecified atom stereocenters. The monoisotopic (exact) mass is 352 g/mol. The van der Waals surface area contributed by atoms with E-state index in [1.54, 1.807) is 50.7 Å². The number of carbonyl (C=O) groups excluding carboxylic acids is 1. The Hall–Kier alpha value is -3.80. The summed E-state index contributed by atoms with van der Waals surface area (Å²) in [5.74, 6) is 1.28. The predicted octanol–water partition coefficient (Wildman–Crippen LogP) is 1.79. The number of anilines is 1. The molecule has 2 heterocycles. The van der Waals surface area contributed by atoms with Crippen molar-refractivity contribution in [2.24, 2.45) is 7.05 Å². The Morgan fingerprint density at radius 1 is 1.27 bits per heavy atom. The fourth-order valence-corrected chi connectivity index (χ4v) is 2.21. The van der Waals surface area contributed by atoms with E-state index in [0.717, 1.165) is 5.75 Å². The molecule has 0 aliphatic rings. The number of ether oxygens (including phenoxy) is 2. The Balaban J connectivity index is 1.62. The Labute approximate surface area is 149 Å². The maximum absolute atomic E-state index is 12.3. The Morgan fingerprint density at radius 2 is 2.00 bits per heavy atom. The average molecular weight is 352 g/mol. The number of hydrogen-bond donors (Lipinski definition) is 1. The van der Waals surface area contributed by atoms with Crippen molar-refractivity contribution in [3.05, 3.63) is 54.0 Å². The summed E-state index contributed by atoms with van der Waals surface area (Å²) in [6, 6.07) is 10.7. The van der Waals surface area contributed by atoms with Gasteiger partial charge in [-0.2, -0.15) is 15.5 Å². The van der Waals surface area contributed by atoms with E-state index in [9.17, 15) is 4.79 Å². The Morgan fingerprint density at radius 3 is 2.69 bits per heavy atom. The van der Waals surface area contributed by atoms with Gasteiger partial charge in [-0.15, -0.1) is 0 Å². The van der Waals surface area contributed by atoms with Crippen LogP contribution in [0, 0.1) is 11.3 Å². The van der Waals surface area contributed by atoms with Gasteiger partial charge in [-0.3, -0.25) is 9.48 Å². The van der Waals surface area contributed by atoms with Crippen LogP contribution in [0.1, 0.15) is 16.1 Å². The molecule has 0 saturated carbocycles. The summed E-state index contributed by atoms with van der Waals surface area (Å²) >= 11 is 0. The molecular formula is C17H16N6O3. The highest BCUT2D eigenvalue weighted by molar-refractivity contribution is 6.02. The van der Waals surface area contributed by atoms with Gasteiger partial charge in [0.2, 0.25) is 0 Å². The molecule has 0 spiro atoms. The third-order valence-electron chi connectivity index (χ3n) is 3.59. The standard InChI is InChI=1S/C17H16N6O3/c1-22-16(12(9-18)10-19-22)20-17(24)15-7-8-23(21-15)11-26-14-5-3-13(25-2)4-6-14/h3-8,10H,11H2,1-2H3,(H,20,24). The third-order valence-corrected chi connectivity index (χ3v) is 3.59. The van der Waals surface area contributed by atoms with Crippen molar-refractivity contribution >= 4 is 11.7 Å². The lowest BCUT2D eigenvalue weighted by Gasteiger charge is -2.07. The lowest BCUT2D eigenvalue weighted by Crippen LogP contribution is -2.17. The molecule has 0 atom stereocenters. The first-order chi connectivity index (χ1) is 12.6. The van der Waals surface area contributed by atoms with E-state index in [1.165, 1.54) is 15.6 Å². The van der Waals surface area contributed by atoms with E-state index in [0.29, 0.717) is 11.6 Å². The van der Waals surface area contributed by atoms with E-state index in [4.69, 9.17) is 14.7 Å². The highest BCUT2D eigenvalue weighted by Crippen LogP contribution is 2.17. The highest BCUT2D eigenvalue weighted by atomic mass is 16.5. The topological polar surface area (TPSA) is 107 Å². The van der Waals surface area contributed by atoms with Crippen molar-refractivity contribution in [1.82, 2.24) is 19.6 Å². The zero-order valence-corrected chi connectivity index (χ0v) is 14.2. The van der Waals surface area contributed by atoms with Crippen LogP contribution in [0.4, 0.5) is 5.82 Å². The van der Waals surface area contributed by atoms with Crippen LogP contribution in [-0.2, 0) is 13.8 Å². The van der Waals surface area contributed by atoms with E-state index in [-0.39, 0.29) is 18.0 Å². The molecule has 2 aromatic heterocycles. The number of carbonyl (C=O) groups is 1. The molecule has 0 bridgehead atoms. The number of nitrogens with one attached hydrogen (secondary N) is 1. The summed E-state index contributed by atoms with van der Waals surface area (Å²) in [6.07, 6.45) is 3.02. The quantitative estimate of drug-likeness (QED) is 0.725. The van der Waals surface area contributed by atoms with Crippen LogP contribution in [0.5, 0.6) is 11.5 Å². The summed E-state index contributed by atoms with van der Waals surface area (Å²) in [5, 5.41) is 19.8. The largest absolute Gasteiger partial charge is 0.497 e. The van der Waals surface area contributed by atoms with Crippen molar-refractivity contribution in [2.75, 3.05) is 12.4 Å².